The summed E-state index contributed by atoms with van der Waals surface area (Å²) in [7, 11) is 0. The van der Waals surface area contributed by atoms with Crippen LogP contribution in [0.5, 0.6) is 0 Å². The molecule has 1 saturated heterocycles. The van der Waals surface area contributed by atoms with Gasteiger partial charge in [-0.25, -0.2) is 0 Å². The molecule has 0 spiro atoms. The lowest BCUT2D eigenvalue weighted by Gasteiger charge is -2.26. The Morgan fingerprint density at radius 2 is 2.00 bits per heavy atom. The van der Waals surface area contributed by atoms with Gasteiger partial charge in [-0.05, 0) is 31.2 Å². The maximum Gasteiger partial charge on any atom is 0.306 e. The number of nitrogens with one attached hydrogen (secondary N) is 1. The van der Waals surface area contributed by atoms with E-state index in [0.717, 1.165) is 18.6 Å². The molecular formula is C27H38N2O5S. The molecular weight excluding hydrogens is 464 g/mol. The highest BCUT2D eigenvalue weighted by atomic mass is 32.2. The Kier molecular flexibility index (Phi) is 13.2. The molecule has 0 aliphatic carbocycles. The molecule has 35 heavy (non-hydrogen) atoms. The van der Waals surface area contributed by atoms with Crippen molar-refractivity contribution < 1.29 is 24.2 Å². The van der Waals surface area contributed by atoms with Gasteiger partial charge < -0.3 is 20.1 Å². The third kappa shape index (κ3) is 10.3. The second-order valence-corrected chi connectivity index (χ2v) is 9.74. The molecule has 2 amide bonds. The van der Waals surface area contributed by atoms with Crippen molar-refractivity contribution in [1.29, 1.82) is 0 Å². The molecule has 3 atom stereocenters. The molecule has 1 aliphatic heterocycles. The zero-order chi connectivity index (χ0) is 25.5. The summed E-state index contributed by atoms with van der Waals surface area (Å²) in [5, 5.41) is 12.5. The average Bonchev–Trinajstić information content (AvgIpc) is 3.35. The Bertz CT molecular complexity index is 832. The van der Waals surface area contributed by atoms with Gasteiger partial charge in [0.05, 0.1) is 24.6 Å². The van der Waals surface area contributed by atoms with Crippen molar-refractivity contribution in [2.24, 2.45) is 5.92 Å². The second-order valence-electron chi connectivity index (χ2n) is 8.71. The Morgan fingerprint density at radius 3 is 2.69 bits per heavy atom. The number of rotatable bonds is 16. The smallest absolute Gasteiger partial charge is 0.306 e. The number of likely N-dealkylation sites (tertiary alicyclic amines) is 1. The number of hydrogen-bond acceptors (Lipinski definition) is 6. The fourth-order valence-corrected chi connectivity index (χ4v) is 5.01. The summed E-state index contributed by atoms with van der Waals surface area (Å²) in [4.78, 5) is 39.7. The number of nitrogens with zero attached hydrogens (tertiary/aromatic N) is 1. The van der Waals surface area contributed by atoms with Crippen LogP contribution in [0.2, 0.25) is 0 Å². The maximum atomic E-state index is 13.2. The van der Waals surface area contributed by atoms with E-state index >= 15 is 0 Å². The van der Waals surface area contributed by atoms with Gasteiger partial charge in [0.2, 0.25) is 11.8 Å². The van der Waals surface area contributed by atoms with Crippen LogP contribution < -0.4 is 5.32 Å². The number of ether oxygens (including phenoxy) is 1. The molecule has 2 N–H and O–H groups in total. The third-order valence-corrected chi connectivity index (χ3v) is 7.10. The minimum Gasteiger partial charge on any atom is -0.463 e. The molecule has 2 rings (SSSR count). The van der Waals surface area contributed by atoms with Gasteiger partial charge in [0.25, 0.3) is 0 Å². The predicted octanol–water partition coefficient (Wildman–Crippen LogP) is 3.48. The summed E-state index contributed by atoms with van der Waals surface area (Å²) in [6.45, 7) is 7.96. The molecule has 0 radical (unpaired) electrons. The summed E-state index contributed by atoms with van der Waals surface area (Å²) >= 11 is 1.64. The monoisotopic (exact) mass is 502 g/mol. The molecule has 0 saturated carbocycles. The molecule has 8 heteroatoms. The summed E-state index contributed by atoms with van der Waals surface area (Å²) < 4.78 is 5.40. The summed E-state index contributed by atoms with van der Waals surface area (Å²) in [5.41, 5.74) is 1.17. The largest absolute Gasteiger partial charge is 0.463 e. The quantitative estimate of drug-likeness (QED) is 0.265. The second kappa shape index (κ2) is 16.2. The Labute approximate surface area is 213 Å². The van der Waals surface area contributed by atoms with E-state index in [4.69, 9.17) is 4.74 Å². The first-order chi connectivity index (χ1) is 17.0. The number of amides is 2. The van der Waals surface area contributed by atoms with E-state index in [2.05, 4.69) is 18.5 Å². The number of hydrogen-bond donors (Lipinski definition) is 2. The first-order valence-electron chi connectivity index (χ1n) is 12.2. The molecule has 1 aliphatic rings. The van der Waals surface area contributed by atoms with Crippen LogP contribution in [0, 0.1) is 5.92 Å². The molecule has 192 valence electrons. The van der Waals surface area contributed by atoms with Gasteiger partial charge in [-0.3, -0.25) is 14.4 Å². The van der Waals surface area contributed by atoms with Crippen molar-refractivity contribution in [2.75, 3.05) is 25.5 Å². The van der Waals surface area contributed by atoms with E-state index in [1.807, 2.05) is 30.3 Å². The van der Waals surface area contributed by atoms with Gasteiger partial charge in [-0.15, -0.1) is 13.2 Å². The van der Waals surface area contributed by atoms with Gasteiger partial charge >= 0.3 is 5.97 Å². The van der Waals surface area contributed by atoms with E-state index in [1.165, 1.54) is 5.56 Å². The van der Waals surface area contributed by atoms with E-state index in [0.29, 0.717) is 25.1 Å². The normalized spacial score (nSPS) is 16.8. The van der Waals surface area contributed by atoms with E-state index in [-0.39, 0.29) is 55.9 Å². The van der Waals surface area contributed by atoms with Crippen molar-refractivity contribution in [2.45, 2.75) is 56.4 Å². The highest BCUT2D eigenvalue weighted by Gasteiger charge is 2.31. The standard InChI is InChI=1S/C27H38N2O5S/c1-3-5-14-26(32)34-18-23(20-35-19-21-11-7-6-8-12-21)28-27(33)22(10-4-2)16-25(31)29-15-9-13-24(29)17-30/h3-4,6-8,11-12,22-24,30H,1-2,5,9-10,13-20H2,(H,28,33). The van der Waals surface area contributed by atoms with Gasteiger partial charge in [-0.1, -0.05) is 42.5 Å². The average molecular weight is 503 g/mol. The number of aliphatic hydroxyl groups is 1. The molecule has 0 aromatic heterocycles. The van der Waals surface area contributed by atoms with Gasteiger partial charge in [0.1, 0.15) is 6.61 Å². The van der Waals surface area contributed by atoms with Crippen molar-refractivity contribution in [3.63, 3.8) is 0 Å². The van der Waals surface area contributed by atoms with Crippen LogP contribution in [0.4, 0.5) is 0 Å². The zero-order valence-electron chi connectivity index (χ0n) is 20.4. The van der Waals surface area contributed by atoms with E-state index in [9.17, 15) is 19.5 Å². The lowest BCUT2D eigenvalue weighted by Crippen LogP contribution is -2.45. The first-order valence-corrected chi connectivity index (χ1v) is 13.3. The molecule has 7 nitrogen and oxygen atoms in total. The highest BCUT2D eigenvalue weighted by Crippen LogP contribution is 2.21. The summed E-state index contributed by atoms with van der Waals surface area (Å²) in [6.07, 6.45) is 6.12. The Morgan fingerprint density at radius 1 is 1.23 bits per heavy atom. The van der Waals surface area contributed by atoms with Crippen LogP contribution >= 0.6 is 11.8 Å². The molecule has 1 heterocycles. The van der Waals surface area contributed by atoms with Crippen LogP contribution in [0.15, 0.2) is 55.6 Å². The number of esters is 1. The van der Waals surface area contributed by atoms with E-state index < -0.39 is 5.92 Å². The number of benzene rings is 1. The molecule has 0 bridgehead atoms. The first kappa shape index (κ1) is 28.7. The summed E-state index contributed by atoms with van der Waals surface area (Å²) in [5.74, 6) is 0.0315. The van der Waals surface area contributed by atoms with Crippen molar-refractivity contribution in [1.82, 2.24) is 10.2 Å². The van der Waals surface area contributed by atoms with Crippen LogP contribution in [0.1, 0.15) is 44.1 Å². The minimum atomic E-state index is -0.571. The lowest BCUT2D eigenvalue weighted by atomic mass is 9.98. The number of allylic oxidation sites excluding steroid dienone is 2. The van der Waals surface area contributed by atoms with Crippen LogP contribution in [-0.2, 0) is 24.9 Å². The number of carbonyl (C=O) groups is 3. The Balaban J connectivity index is 1.98. The van der Waals surface area contributed by atoms with Gasteiger partial charge in [0.15, 0.2) is 0 Å². The zero-order valence-corrected chi connectivity index (χ0v) is 21.2. The molecule has 1 aromatic rings. The third-order valence-electron chi connectivity index (χ3n) is 5.93. The van der Waals surface area contributed by atoms with Crippen molar-refractivity contribution >= 4 is 29.5 Å². The van der Waals surface area contributed by atoms with Crippen molar-refractivity contribution in [3.05, 3.63) is 61.2 Å². The van der Waals surface area contributed by atoms with Gasteiger partial charge in [0, 0.05) is 30.9 Å². The number of carbonyl (C=O) groups excluding carboxylic acids is 3. The minimum absolute atomic E-state index is 0.0529. The predicted molar refractivity (Wildman–Crippen MR) is 140 cm³/mol. The fourth-order valence-electron chi connectivity index (χ4n) is 4.00. The van der Waals surface area contributed by atoms with Crippen LogP contribution in [-0.4, -0.2) is 65.4 Å². The van der Waals surface area contributed by atoms with Crippen molar-refractivity contribution in [3.8, 4) is 0 Å². The van der Waals surface area contributed by atoms with Crippen LogP contribution in [0.3, 0.4) is 0 Å². The lowest BCUT2D eigenvalue weighted by molar-refractivity contribution is -0.145. The topological polar surface area (TPSA) is 95.9 Å². The molecule has 1 fully saturated rings. The molecule has 1 aromatic carbocycles. The van der Waals surface area contributed by atoms with Crippen LogP contribution in [0.25, 0.3) is 0 Å². The highest BCUT2D eigenvalue weighted by molar-refractivity contribution is 7.98. The number of thioether (sulfide) groups is 1. The summed E-state index contributed by atoms with van der Waals surface area (Å²) in [6, 6.07) is 9.45. The molecule has 3 unspecified atom stereocenters. The Hall–Kier alpha value is -2.58. The maximum absolute atomic E-state index is 13.2. The van der Waals surface area contributed by atoms with E-state index in [1.54, 1.807) is 28.8 Å². The van der Waals surface area contributed by atoms with Gasteiger partial charge in [-0.2, -0.15) is 11.8 Å². The number of aliphatic hydroxyl groups excluding tert-OH is 1. The SMILES string of the molecule is C=CCCC(=O)OCC(CSCc1ccccc1)NC(=O)C(CC=C)CC(=O)N1CCCC1CO. The fraction of sp³-hybridized carbons (Fsp3) is 0.519.